The summed E-state index contributed by atoms with van der Waals surface area (Å²) in [4.78, 5) is 24.7. The van der Waals surface area contributed by atoms with Gasteiger partial charge in [-0.15, -0.1) is 0 Å². The van der Waals surface area contributed by atoms with Crippen molar-refractivity contribution in [3.63, 3.8) is 0 Å². The number of esters is 1. The van der Waals surface area contributed by atoms with Crippen LogP contribution in [-0.4, -0.2) is 41.9 Å². The van der Waals surface area contributed by atoms with Gasteiger partial charge in [0.15, 0.2) is 6.10 Å². The standard InChI is InChI=1S/C20H21ClN2O5/c1-3-26-12-19(24)28-13(2)20(25)23-17(18-5-4-10-27-18)11-16(22-23)14-6-8-15(21)9-7-14/h4-10,13,17H,3,11-12H2,1-2H3/t13-,17-/m1/s1. The van der Waals surface area contributed by atoms with Crippen LogP contribution in [0.5, 0.6) is 0 Å². The fourth-order valence-electron chi connectivity index (χ4n) is 2.89. The first-order valence-electron chi connectivity index (χ1n) is 8.96. The molecule has 0 saturated heterocycles. The molecule has 0 aliphatic carbocycles. The number of benzene rings is 1. The fourth-order valence-corrected chi connectivity index (χ4v) is 3.01. The number of halogens is 1. The molecule has 1 aliphatic heterocycles. The van der Waals surface area contributed by atoms with Gasteiger partial charge in [-0.2, -0.15) is 5.10 Å². The number of carbonyl (C=O) groups excluding carboxylic acids is 2. The van der Waals surface area contributed by atoms with E-state index in [0.29, 0.717) is 23.8 Å². The van der Waals surface area contributed by atoms with E-state index in [2.05, 4.69) is 5.10 Å². The smallest absolute Gasteiger partial charge is 0.332 e. The lowest BCUT2D eigenvalue weighted by molar-refractivity contribution is -0.163. The zero-order valence-corrected chi connectivity index (χ0v) is 16.4. The summed E-state index contributed by atoms with van der Waals surface area (Å²) in [7, 11) is 0. The average Bonchev–Trinajstić information content (AvgIpc) is 3.35. The van der Waals surface area contributed by atoms with E-state index in [4.69, 9.17) is 25.5 Å². The number of carbonyl (C=O) groups is 2. The average molecular weight is 405 g/mol. The molecule has 1 amide bonds. The van der Waals surface area contributed by atoms with E-state index in [1.54, 1.807) is 37.5 Å². The third-order valence-electron chi connectivity index (χ3n) is 4.27. The maximum Gasteiger partial charge on any atom is 0.332 e. The first-order chi connectivity index (χ1) is 13.5. The Morgan fingerprint density at radius 1 is 1.32 bits per heavy atom. The van der Waals surface area contributed by atoms with E-state index in [-0.39, 0.29) is 6.61 Å². The molecule has 1 aromatic heterocycles. The minimum Gasteiger partial charge on any atom is -0.467 e. The number of hydrogen-bond acceptors (Lipinski definition) is 6. The van der Waals surface area contributed by atoms with Crippen LogP contribution in [0.25, 0.3) is 0 Å². The molecule has 0 unspecified atom stereocenters. The number of hydrazone groups is 1. The number of hydrogen-bond donors (Lipinski definition) is 0. The highest BCUT2D eigenvalue weighted by Crippen LogP contribution is 2.33. The van der Waals surface area contributed by atoms with Crippen LogP contribution < -0.4 is 0 Å². The topological polar surface area (TPSA) is 81.3 Å². The van der Waals surface area contributed by atoms with Gasteiger partial charge in [-0.25, -0.2) is 9.80 Å². The summed E-state index contributed by atoms with van der Waals surface area (Å²) in [5.41, 5.74) is 1.58. The van der Waals surface area contributed by atoms with Crippen molar-refractivity contribution >= 4 is 29.2 Å². The number of amides is 1. The SMILES string of the molecule is CCOCC(=O)O[C@H](C)C(=O)N1N=C(c2ccc(Cl)cc2)C[C@@H]1c1ccco1. The van der Waals surface area contributed by atoms with E-state index < -0.39 is 24.0 Å². The van der Waals surface area contributed by atoms with Crippen LogP contribution >= 0.6 is 11.6 Å². The maximum atomic E-state index is 12.9. The highest BCUT2D eigenvalue weighted by Gasteiger charge is 2.37. The van der Waals surface area contributed by atoms with Crippen LogP contribution in [0.1, 0.15) is 37.6 Å². The molecule has 0 fully saturated rings. The fraction of sp³-hybridized carbons (Fsp3) is 0.350. The van der Waals surface area contributed by atoms with Crippen molar-refractivity contribution in [1.82, 2.24) is 5.01 Å². The number of furan rings is 1. The van der Waals surface area contributed by atoms with Crippen molar-refractivity contribution in [2.45, 2.75) is 32.4 Å². The number of nitrogens with zero attached hydrogens (tertiary/aromatic N) is 2. The first-order valence-corrected chi connectivity index (χ1v) is 9.34. The predicted molar refractivity (Wildman–Crippen MR) is 103 cm³/mol. The van der Waals surface area contributed by atoms with Crippen LogP contribution in [0.4, 0.5) is 0 Å². The van der Waals surface area contributed by atoms with Gasteiger partial charge in [0.2, 0.25) is 0 Å². The second-order valence-electron chi connectivity index (χ2n) is 6.24. The number of rotatable bonds is 7. The molecule has 0 spiro atoms. The van der Waals surface area contributed by atoms with Crippen molar-refractivity contribution in [3.05, 3.63) is 59.0 Å². The molecule has 8 heteroatoms. The van der Waals surface area contributed by atoms with Crippen molar-refractivity contribution in [3.8, 4) is 0 Å². The lowest BCUT2D eigenvalue weighted by atomic mass is 10.0. The van der Waals surface area contributed by atoms with Crippen LogP contribution in [0.2, 0.25) is 5.02 Å². The summed E-state index contributed by atoms with van der Waals surface area (Å²) >= 11 is 5.96. The zero-order valence-electron chi connectivity index (χ0n) is 15.6. The van der Waals surface area contributed by atoms with Crippen molar-refractivity contribution in [1.29, 1.82) is 0 Å². The summed E-state index contributed by atoms with van der Waals surface area (Å²) in [6, 6.07) is 10.4. The van der Waals surface area contributed by atoms with E-state index >= 15 is 0 Å². The van der Waals surface area contributed by atoms with Gasteiger partial charge < -0.3 is 13.9 Å². The predicted octanol–water partition coefficient (Wildman–Crippen LogP) is 3.58. The van der Waals surface area contributed by atoms with Crippen molar-refractivity contribution < 1.29 is 23.5 Å². The Balaban J connectivity index is 1.80. The van der Waals surface area contributed by atoms with Gasteiger partial charge >= 0.3 is 5.97 Å². The van der Waals surface area contributed by atoms with Crippen LogP contribution in [0, 0.1) is 0 Å². The summed E-state index contributed by atoms with van der Waals surface area (Å²) in [5, 5.41) is 6.43. The molecule has 148 valence electrons. The summed E-state index contributed by atoms with van der Waals surface area (Å²) in [5.74, 6) is -0.428. The molecule has 28 heavy (non-hydrogen) atoms. The van der Waals surface area contributed by atoms with Gasteiger partial charge in [0.25, 0.3) is 5.91 Å². The van der Waals surface area contributed by atoms with Crippen molar-refractivity contribution in [2.75, 3.05) is 13.2 Å². The van der Waals surface area contributed by atoms with Gasteiger partial charge in [-0.05, 0) is 43.7 Å². The number of ether oxygens (including phenoxy) is 2. The molecule has 2 aromatic rings. The van der Waals surface area contributed by atoms with E-state index in [1.807, 2.05) is 12.1 Å². The van der Waals surface area contributed by atoms with E-state index in [9.17, 15) is 9.59 Å². The Hall–Kier alpha value is -2.64. The minimum atomic E-state index is -1.00. The Morgan fingerprint density at radius 2 is 2.07 bits per heavy atom. The van der Waals surface area contributed by atoms with Crippen LogP contribution in [0.3, 0.4) is 0 Å². The Labute approximate surface area is 167 Å². The highest BCUT2D eigenvalue weighted by atomic mass is 35.5. The lowest BCUT2D eigenvalue weighted by Crippen LogP contribution is -2.37. The van der Waals surface area contributed by atoms with Gasteiger partial charge in [0, 0.05) is 18.1 Å². The lowest BCUT2D eigenvalue weighted by Gasteiger charge is -2.23. The molecular weight excluding hydrogens is 384 g/mol. The molecule has 0 N–H and O–H groups in total. The largest absolute Gasteiger partial charge is 0.467 e. The van der Waals surface area contributed by atoms with E-state index in [0.717, 1.165) is 11.3 Å². The molecule has 2 atom stereocenters. The van der Waals surface area contributed by atoms with Gasteiger partial charge in [-0.1, -0.05) is 23.7 Å². The Bertz CT molecular complexity index is 848. The molecule has 0 bridgehead atoms. The molecule has 0 radical (unpaired) electrons. The highest BCUT2D eigenvalue weighted by molar-refractivity contribution is 6.30. The van der Waals surface area contributed by atoms with Gasteiger partial charge in [0.05, 0.1) is 12.0 Å². The third-order valence-corrected chi connectivity index (χ3v) is 4.52. The third kappa shape index (κ3) is 4.61. The summed E-state index contributed by atoms with van der Waals surface area (Å²) < 4.78 is 15.7. The monoisotopic (exact) mass is 404 g/mol. The molecule has 0 saturated carbocycles. The Morgan fingerprint density at radius 3 is 2.71 bits per heavy atom. The minimum absolute atomic E-state index is 0.199. The maximum absolute atomic E-state index is 12.9. The van der Waals surface area contributed by atoms with Crippen LogP contribution in [0.15, 0.2) is 52.2 Å². The summed E-state index contributed by atoms with van der Waals surface area (Å²) in [6.45, 7) is 3.47. The van der Waals surface area contributed by atoms with Crippen LogP contribution in [-0.2, 0) is 19.1 Å². The quantitative estimate of drug-likeness (QED) is 0.659. The molecule has 2 heterocycles. The molecule has 3 rings (SSSR count). The van der Waals surface area contributed by atoms with Crippen molar-refractivity contribution in [2.24, 2.45) is 5.10 Å². The summed E-state index contributed by atoms with van der Waals surface area (Å²) in [6.07, 6.45) is 1.02. The molecular formula is C20H21ClN2O5. The van der Waals surface area contributed by atoms with Gasteiger partial charge in [0.1, 0.15) is 18.4 Å². The first kappa shape index (κ1) is 20.1. The zero-order chi connectivity index (χ0) is 20.1. The molecule has 1 aromatic carbocycles. The van der Waals surface area contributed by atoms with E-state index in [1.165, 1.54) is 11.9 Å². The molecule has 1 aliphatic rings. The Kier molecular flexibility index (Phi) is 6.49. The second kappa shape index (κ2) is 9.03. The second-order valence-corrected chi connectivity index (χ2v) is 6.68. The normalized spacial score (nSPS) is 17.3. The van der Waals surface area contributed by atoms with Gasteiger partial charge in [-0.3, -0.25) is 4.79 Å². The molecule has 7 nitrogen and oxygen atoms in total.